The Labute approximate surface area is 74.0 Å². The average molecular weight is 189 g/mol. The number of carbonyl (C=O) groups is 1. The van der Waals surface area contributed by atoms with Gasteiger partial charge in [0.05, 0.1) is 12.1 Å². The highest BCUT2D eigenvalue weighted by Crippen LogP contribution is 2.29. The van der Waals surface area contributed by atoms with Crippen LogP contribution in [-0.2, 0) is 4.79 Å². The number of amides is 1. The molecule has 5 atom stereocenters. The van der Waals surface area contributed by atoms with Crippen molar-refractivity contribution in [2.75, 3.05) is 6.54 Å². The summed E-state index contributed by atoms with van der Waals surface area (Å²) in [6, 6.07) is -0.863. The molecule has 0 spiro atoms. The first-order chi connectivity index (χ1) is 6.04. The number of fused-ring (bicyclic) bond motifs is 1. The van der Waals surface area contributed by atoms with Gasteiger partial charge in [0.2, 0.25) is 0 Å². The first kappa shape index (κ1) is 8.89. The molecule has 0 aliphatic carbocycles. The third-order valence-corrected chi connectivity index (χ3v) is 2.70. The van der Waals surface area contributed by atoms with Gasteiger partial charge in [0.15, 0.2) is 6.10 Å². The Balaban J connectivity index is 2.27. The van der Waals surface area contributed by atoms with Gasteiger partial charge in [-0.05, 0) is 0 Å². The molecule has 0 radical (unpaired) electrons. The zero-order valence-electron chi connectivity index (χ0n) is 6.74. The number of nitrogens with zero attached hydrogens (tertiary/aromatic N) is 1. The Morgan fingerprint density at radius 1 is 1.15 bits per heavy atom. The number of aliphatic hydroxyl groups excluding tert-OH is 4. The molecule has 0 aromatic carbocycles. The molecule has 1 amide bonds. The van der Waals surface area contributed by atoms with E-state index in [1.165, 1.54) is 0 Å². The zero-order chi connectivity index (χ0) is 9.75. The summed E-state index contributed by atoms with van der Waals surface area (Å²) < 4.78 is 0. The summed E-state index contributed by atoms with van der Waals surface area (Å²) in [5.74, 6) is -0.631. The highest BCUT2D eigenvalue weighted by molar-refractivity contribution is 5.85. The average Bonchev–Trinajstić information content (AvgIpc) is 2.48. The van der Waals surface area contributed by atoms with Crippen molar-refractivity contribution in [2.24, 2.45) is 0 Å². The van der Waals surface area contributed by atoms with Gasteiger partial charge < -0.3 is 25.3 Å². The molecule has 0 saturated carbocycles. The van der Waals surface area contributed by atoms with E-state index in [4.69, 9.17) is 5.11 Å². The molecule has 2 saturated heterocycles. The molecule has 2 fully saturated rings. The van der Waals surface area contributed by atoms with Gasteiger partial charge >= 0.3 is 0 Å². The summed E-state index contributed by atoms with van der Waals surface area (Å²) in [4.78, 5) is 12.3. The van der Waals surface area contributed by atoms with E-state index >= 15 is 0 Å². The maximum absolute atomic E-state index is 11.2. The van der Waals surface area contributed by atoms with Crippen LogP contribution in [0.2, 0.25) is 0 Å². The van der Waals surface area contributed by atoms with Gasteiger partial charge in [-0.25, -0.2) is 0 Å². The normalized spacial score (nSPS) is 50.0. The van der Waals surface area contributed by atoms with Crippen molar-refractivity contribution >= 4 is 5.91 Å². The first-order valence-corrected chi connectivity index (χ1v) is 4.07. The quantitative estimate of drug-likeness (QED) is 0.319. The molecule has 13 heavy (non-hydrogen) atoms. The van der Waals surface area contributed by atoms with E-state index in [-0.39, 0.29) is 6.54 Å². The van der Waals surface area contributed by atoms with E-state index in [1.54, 1.807) is 0 Å². The standard InChI is InChI=1S/C7H11NO5/c9-2-1-8-3(4(2)10)5(11)6(12)7(8)13/h2-6,9-12H,1H2/t2-,3-,4-,5-,6+/m0/s1. The lowest BCUT2D eigenvalue weighted by atomic mass is 10.0. The molecule has 0 unspecified atom stereocenters. The lowest BCUT2D eigenvalue weighted by Gasteiger charge is -2.18. The fourth-order valence-corrected chi connectivity index (χ4v) is 1.97. The van der Waals surface area contributed by atoms with Crippen LogP contribution in [-0.4, -0.2) is 68.2 Å². The molecular weight excluding hydrogens is 178 g/mol. The summed E-state index contributed by atoms with van der Waals surface area (Å²) in [5.41, 5.74) is 0. The summed E-state index contributed by atoms with van der Waals surface area (Å²) in [5, 5.41) is 37.0. The molecular formula is C7H11NO5. The molecule has 4 N–H and O–H groups in total. The topological polar surface area (TPSA) is 101 Å². The molecule has 6 nitrogen and oxygen atoms in total. The number of hydrogen-bond acceptors (Lipinski definition) is 5. The largest absolute Gasteiger partial charge is 0.388 e. The Bertz CT molecular complexity index is 245. The minimum absolute atomic E-state index is 0.0290. The Morgan fingerprint density at radius 3 is 2.31 bits per heavy atom. The molecule has 0 aromatic rings. The second-order valence-corrected chi connectivity index (χ2v) is 3.47. The van der Waals surface area contributed by atoms with E-state index in [1.807, 2.05) is 0 Å². The summed E-state index contributed by atoms with van der Waals surface area (Å²) in [6.45, 7) is -0.0290. The van der Waals surface area contributed by atoms with Crippen LogP contribution in [0.25, 0.3) is 0 Å². The third kappa shape index (κ3) is 1.000. The second-order valence-electron chi connectivity index (χ2n) is 3.47. The van der Waals surface area contributed by atoms with Crippen molar-refractivity contribution in [2.45, 2.75) is 30.5 Å². The molecule has 2 aliphatic heterocycles. The number of rotatable bonds is 0. The van der Waals surface area contributed by atoms with Crippen LogP contribution in [0.1, 0.15) is 0 Å². The molecule has 2 aliphatic rings. The first-order valence-electron chi connectivity index (χ1n) is 4.07. The van der Waals surface area contributed by atoms with E-state index < -0.39 is 36.4 Å². The van der Waals surface area contributed by atoms with E-state index in [0.29, 0.717) is 0 Å². The molecule has 2 heterocycles. The Kier molecular flexibility index (Phi) is 1.81. The van der Waals surface area contributed by atoms with Crippen molar-refractivity contribution in [3.63, 3.8) is 0 Å². The monoisotopic (exact) mass is 189 g/mol. The SMILES string of the molecule is O=C1[C@H](O)[C@@H](O)[C@@H]2[C@@H](O)[C@@H](O)CN12. The maximum atomic E-state index is 11.2. The van der Waals surface area contributed by atoms with Gasteiger partial charge in [0.25, 0.3) is 5.91 Å². The minimum atomic E-state index is -1.47. The highest BCUT2D eigenvalue weighted by atomic mass is 16.4. The van der Waals surface area contributed by atoms with Gasteiger partial charge in [0, 0.05) is 6.54 Å². The third-order valence-electron chi connectivity index (χ3n) is 2.70. The predicted octanol–water partition coefficient (Wildman–Crippen LogP) is -3.35. The smallest absolute Gasteiger partial charge is 0.254 e. The summed E-state index contributed by atoms with van der Waals surface area (Å²) in [6.07, 6.45) is -4.97. The lowest BCUT2D eigenvalue weighted by Crippen LogP contribution is -2.41. The minimum Gasteiger partial charge on any atom is -0.388 e. The van der Waals surface area contributed by atoms with Gasteiger partial charge in [-0.1, -0.05) is 0 Å². The maximum Gasteiger partial charge on any atom is 0.254 e. The van der Waals surface area contributed by atoms with Crippen LogP contribution in [0.3, 0.4) is 0 Å². The highest BCUT2D eigenvalue weighted by Gasteiger charge is 2.55. The predicted molar refractivity (Wildman–Crippen MR) is 39.5 cm³/mol. The molecule has 2 rings (SSSR count). The van der Waals surface area contributed by atoms with Crippen LogP contribution in [0.15, 0.2) is 0 Å². The molecule has 6 heteroatoms. The van der Waals surface area contributed by atoms with E-state index in [0.717, 1.165) is 4.90 Å². The van der Waals surface area contributed by atoms with Crippen LogP contribution in [0.4, 0.5) is 0 Å². The second kappa shape index (κ2) is 2.65. The Hall–Kier alpha value is -0.690. The fourth-order valence-electron chi connectivity index (χ4n) is 1.97. The molecule has 0 bridgehead atoms. The molecule has 0 aromatic heterocycles. The van der Waals surface area contributed by atoms with Crippen molar-refractivity contribution in [3.8, 4) is 0 Å². The van der Waals surface area contributed by atoms with Crippen molar-refractivity contribution in [3.05, 3.63) is 0 Å². The van der Waals surface area contributed by atoms with Gasteiger partial charge in [-0.15, -0.1) is 0 Å². The van der Waals surface area contributed by atoms with Crippen LogP contribution in [0, 0.1) is 0 Å². The van der Waals surface area contributed by atoms with Gasteiger partial charge in [-0.3, -0.25) is 4.79 Å². The van der Waals surface area contributed by atoms with Crippen molar-refractivity contribution in [1.29, 1.82) is 0 Å². The zero-order valence-corrected chi connectivity index (χ0v) is 6.74. The van der Waals surface area contributed by atoms with E-state index in [9.17, 15) is 20.1 Å². The van der Waals surface area contributed by atoms with Crippen molar-refractivity contribution < 1.29 is 25.2 Å². The van der Waals surface area contributed by atoms with Gasteiger partial charge in [0.1, 0.15) is 12.2 Å². The van der Waals surface area contributed by atoms with E-state index in [2.05, 4.69) is 0 Å². The summed E-state index contributed by atoms with van der Waals surface area (Å²) >= 11 is 0. The number of aliphatic hydroxyl groups is 4. The summed E-state index contributed by atoms with van der Waals surface area (Å²) in [7, 11) is 0. The molecule has 74 valence electrons. The van der Waals surface area contributed by atoms with Crippen LogP contribution >= 0.6 is 0 Å². The number of carbonyl (C=O) groups excluding carboxylic acids is 1. The van der Waals surface area contributed by atoms with Crippen LogP contribution in [0.5, 0.6) is 0 Å². The number of hydrogen-bond donors (Lipinski definition) is 4. The van der Waals surface area contributed by atoms with Crippen LogP contribution < -0.4 is 0 Å². The fraction of sp³-hybridized carbons (Fsp3) is 0.857. The van der Waals surface area contributed by atoms with Gasteiger partial charge in [-0.2, -0.15) is 0 Å². The lowest BCUT2D eigenvalue weighted by molar-refractivity contribution is -0.136. The Morgan fingerprint density at radius 2 is 1.77 bits per heavy atom. The van der Waals surface area contributed by atoms with Crippen molar-refractivity contribution in [1.82, 2.24) is 4.90 Å².